The normalized spacial score (nSPS) is 14.6. The standard InChI is InChI=1S/C15H23N5OS/c1-4-16-14(17-10-12-7-8-19-20(12)3)18-11-15(2,21)13-6-5-9-22-13/h5-9,21H,4,10-11H2,1-3H3,(H2,16,17,18). The predicted octanol–water partition coefficient (Wildman–Crippen LogP) is 1.44. The van der Waals surface area contributed by atoms with Crippen molar-refractivity contribution >= 4 is 17.3 Å². The zero-order valence-electron chi connectivity index (χ0n) is 13.2. The molecule has 0 fully saturated rings. The van der Waals surface area contributed by atoms with Crippen LogP contribution in [0.2, 0.25) is 0 Å². The second kappa shape index (κ2) is 7.42. The summed E-state index contributed by atoms with van der Waals surface area (Å²) >= 11 is 1.55. The van der Waals surface area contributed by atoms with E-state index in [0.717, 1.165) is 17.1 Å². The van der Waals surface area contributed by atoms with Crippen LogP contribution in [0.15, 0.2) is 34.8 Å². The molecule has 0 aliphatic heterocycles. The van der Waals surface area contributed by atoms with Gasteiger partial charge in [0, 0.05) is 24.7 Å². The van der Waals surface area contributed by atoms with Crippen molar-refractivity contribution in [2.45, 2.75) is 26.0 Å². The zero-order valence-corrected chi connectivity index (χ0v) is 14.0. The van der Waals surface area contributed by atoms with Gasteiger partial charge < -0.3 is 15.7 Å². The Kier molecular flexibility index (Phi) is 5.57. The van der Waals surface area contributed by atoms with Gasteiger partial charge in [0.25, 0.3) is 0 Å². The fourth-order valence-electron chi connectivity index (χ4n) is 1.99. The maximum atomic E-state index is 10.5. The van der Waals surface area contributed by atoms with Crippen LogP contribution in [0.1, 0.15) is 24.4 Å². The molecule has 2 rings (SSSR count). The molecule has 0 bridgehead atoms. The summed E-state index contributed by atoms with van der Waals surface area (Å²) in [5.41, 5.74) is 0.110. The Labute approximate surface area is 134 Å². The number of hydrogen-bond donors (Lipinski definition) is 3. The molecule has 120 valence electrons. The minimum absolute atomic E-state index is 0.394. The van der Waals surface area contributed by atoms with Gasteiger partial charge >= 0.3 is 0 Å². The molecule has 0 saturated carbocycles. The predicted molar refractivity (Wildman–Crippen MR) is 89.9 cm³/mol. The first-order chi connectivity index (χ1) is 10.5. The molecule has 7 heteroatoms. The lowest BCUT2D eigenvalue weighted by Crippen LogP contribution is -2.44. The minimum Gasteiger partial charge on any atom is -0.383 e. The zero-order chi connectivity index (χ0) is 16.0. The molecular formula is C15H23N5OS. The number of aliphatic hydroxyl groups is 1. The molecule has 6 nitrogen and oxygen atoms in total. The van der Waals surface area contributed by atoms with E-state index in [0.29, 0.717) is 19.0 Å². The molecule has 0 saturated heterocycles. The number of thiophene rings is 1. The lowest BCUT2D eigenvalue weighted by Gasteiger charge is -2.23. The summed E-state index contributed by atoms with van der Waals surface area (Å²) in [6, 6.07) is 5.82. The summed E-state index contributed by atoms with van der Waals surface area (Å²) in [5.74, 6) is 0.681. The lowest BCUT2D eigenvalue weighted by molar-refractivity contribution is 0.0655. The average molecular weight is 321 g/mol. The van der Waals surface area contributed by atoms with Crippen LogP contribution >= 0.6 is 11.3 Å². The highest BCUT2D eigenvalue weighted by atomic mass is 32.1. The molecule has 2 aromatic heterocycles. The third kappa shape index (κ3) is 4.32. The second-order valence-corrected chi connectivity index (χ2v) is 6.19. The van der Waals surface area contributed by atoms with Crippen molar-refractivity contribution in [3.63, 3.8) is 0 Å². The van der Waals surface area contributed by atoms with E-state index in [1.54, 1.807) is 29.1 Å². The summed E-state index contributed by atoms with van der Waals surface area (Å²) in [6.07, 6.45) is 1.76. The number of aryl methyl sites for hydroxylation is 1. The van der Waals surface area contributed by atoms with Crippen molar-refractivity contribution in [1.82, 2.24) is 20.4 Å². The maximum Gasteiger partial charge on any atom is 0.191 e. The number of nitrogens with zero attached hydrogens (tertiary/aromatic N) is 3. The van der Waals surface area contributed by atoms with E-state index < -0.39 is 5.60 Å². The Morgan fingerprint density at radius 1 is 1.45 bits per heavy atom. The number of guanidine groups is 1. The number of rotatable bonds is 6. The van der Waals surface area contributed by atoms with Gasteiger partial charge in [-0.2, -0.15) is 5.10 Å². The molecule has 0 aliphatic rings. The number of nitrogens with one attached hydrogen (secondary N) is 2. The van der Waals surface area contributed by atoms with Gasteiger partial charge in [-0.25, -0.2) is 4.99 Å². The van der Waals surface area contributed by atoms with E-state index in [9.17, 15) is 5.11 Å². The van der Waals surface area contributed by atoms with Crippen molar-refractivity contribution in [3.8, 4) is 0 Å². The smallest absolute Gasteiger partial charge is 0.191 e. The first-order valence-electron chi connectivity index (χ1n) is 7.28. The van der Waals surface area contributed by atoms with Gasteiger partial charge in [-0.1, -0.05) is 6.07 Å². The Bertz CT molecular complexity index is 603. The van der Waals surface area contributed by atoms with Gasteiger partial charge in [-0.15, -0.1) is 11.3 Å². The summed E-state index contributed by atoms with van der Waals surface area (Å²) in [7, 11) is 1.90. The average Bonchev–Trinajstić information content (AvgIpc) is 3.14. The van der Waals surface area contributed by atoms with Crippen molar-refractivity contribution in [1.29, 1.82) is 0 Å². The van der Waals surface area contributed by atoms with Gasteiger partial charge in [0.2, 0.25) is 0 Å². The van der Waals surface area contributed by atoms with E-state index in [-0.39, 0.29) is 0 Å². The van der Waals surface area contributed by atoms with Crippen LogP contribution in [0.25, 0.3) is 0 Å². The molecule has 0 amide bonds. The van der Waals surface area contributed by atoms with Crippen molar-refractivity contribution in [3.05, 3.63) is 40.3 Å². The van der Waals surface area contributed by atoms with Gasteiger partial charge in [0.05, 0.1) is 18.8 Å². The topological polar surface area (TPSA) is 74.5 Å². The highest BCUT2D eigenvalue weighted by molar-refractivity contribution is 7.10. The van der Waals surface area contributed by atoms with E-state index in [4.69, 9.17) is 0 Å². The summed E-state index contributed by atoms with van der Waals surface area (Å²) in [6.45, 7) is 5.51. The molecule has 0 spiro atoms. The van der Waals surface area contributed by atoms with Crippen LogP contribution in [0.4, 0.5) is 0 Å². The Balaban J connectivity index is 1.98. The molecule has 3 N–H and O–H groups in total. The number of aliphatic imine (C=N–C) groups is 1. The molecule has 2 aromatic rings. The van der Waals surface area contributed by atoms with Crippen LogP contribution in [0, 0.1) is 0 Å². The van der Waals surface area contributed by atoms with Crippen molar-refractivity contribution in [2.75, 3.05) is 13.1 Å². The van der Waals surface area contributed by atoms with Gasteiger partial charge in [-0.3, -0.25) is 4.68 Å². The van der Waals surface area contributed by atoms with Crippen LogP contribution in [0.5, 0.6) is 0 Å². The van der Waals surface area contributed by atoms with E-state index >= 15 is 0 Å². The summed E-state index contributed by atoms with van der Waals surface area (Å²) in [4.78, 5) is 5.46. The molecule has 0 radical (unpaired) electrons. The largest absolute Gasteiger partial charge is 0.383 e. The van der Waals surface area contributed by atoms with Gasteiger partial charge in [0.1, 0.15) is 5.60 Å². The van der Waals surface area contributed by atoms with E-state index in [1.807, 2.05) is 37.6 Å². The number of hydrogen-bond acceptors (Lipinski definition) is 4. The highest BCUT2D eigenvalue weighted by Gasteiger charge is 2.24. The van der Waals surface area contributed by atoms with Crippen molar-refractivity contribution < 1.29 is 5.11 Å². The molecule has 22 heavy (non-hydrogen) atoms. The third-order valence-corrected chi connectivity index (χ3v) is 4.44. The fourth-order valence-corrected chi connectivity index (χ4v) is 2.77. The Morgan fingerprint density at radius 2 is 2.27 bits per heavy atom. The van der Waals surface area contributed by atoms with E-state index in [2.05, 4.69) is 20.7 Å². The fraction of sp³-hybridized carbons (Fsp3) is 0.467. The molecule has 0 aromatic carbocycles. The first kappa shape index (κ1) is 16.5. The van der Waals surface area contributed by atoms with Gasteiger partial charge in [0.15, 0.2) is 5.96 Å². The number of aromatic nitrogens is 2. The summed E-state index contributed by atoms with van der Waals surface area (Å²) in [5, 5.41) is 23.0. The first-order valence-corrected chi connectivity index (χ1v) is 8.16. The quantitative estimate of drug-likeness (QED) is 0.556. The van der Waals surface area contributed by atoms with Crippen LogP contribution in [-0.2, 0) is 19.2 Å². The maximum absolute atomic E-state index is 10.5. The second-order valence-electron chi connectivity index (χ2n) is 5.25. The minimum atomic E-state index is -0.920. The molecule has 1 unspecified atom stereocenters. The van der Waals surface area contributed by atoms with Crippen molar-refractivity contribution in [2.24, 2.45) is 12.0 Å². The molecule has 1 atom stereocenters. The Hall–Kier alpha value is -1.86. The Morgan fingerprint density at radius 3 is 2.86 bits per heavy atom. The monoisotopic (exact) mass is 321 g/mol. The molecule has 2 heterocycles. The lowest BCUT2D eigenvalue weighted by atomic mass is 10.1. The SMILES string of the molecule is CCNC(=NCc1ccnn1C)NCC(C)(O)c1cccs1. The van der Waals surface area contributed by atoms with E-state index in [1.165, 1.54) is 0 Å². The highest BCUT2D eigenvalue weighted by Crippen LogP contribution is 2.24. The summed E-state index contributed by atoms with van der Waals surface area (Å²) < 4.78 is 1.80. The molecular weight excluding hydrogens is 298 g/mol. The van der Waals surface area contributed by atoms with Crippen LogP contribution < -0.4 is 10.6 Å². The van der Waals surface area contributed by atoms with Gasteiger partial charge in [-0.05, 0) is 31.4 Å². The van der Waals surface area contributed by atoms with Crippen LogP contribution in [-0.4, -0.2) is 33.9 Å². The molecule has 0 aliphatic carbocycles. The third-order valence-electron chi connectivity index (χ3n) is 3.32. The van der Waals surface area contributed by atoms with Crippen LogP contribution in [0.3, 0.4) is 0 Å².